The maximum absolute atomic E-state index is 13.2. The Bertz CT molecular complexity index is 2370. The van der Waals surface area contributed by atoms with E-state index in [1.54, 1.807) is 6.07 Å². The third kappa shape index (κ3) is 9.41. The Labute approximate surface area is 340 Å². The number of carbonyl (C=O) groups is 4. The number of anilines is 1. The number of piperidine rings is 1. The van der Waals surface area contributed by atoms with Gasteiger partial charge in [-0.25, -0.2) is 29.3 Å². The van der Waals surface area contributed by atoms with Gasteiger partial charge in [-0.15, -0.1) is 0 Å². The Morgan fingerprint density at radius 1 is 1.00 bits per heavy atom. The molecule has 21 heteroatoms. The van der Waals surface area contributed by atoms with Gasteiger partial charge >= 0.3 is 22.3 Å². The van der Waals surface area contributed by atoms with Crippen molar-refractivity contribution in [3.63, 3.8) is 0 Å². The highest BCUT2D eigenvalue weighted by molar-refractivity contribution is 9.10. The largest absolute Gasteiger partial charge is 0.444 e. The SMILES string of the molecule is O=C(C[C@H]1NCCC[C@@H]1OC(=O)NS(=O)(=O)N1CCN(C(=O)Nc2nccnc2C(=O)NC2Cc3ccccc3C2)CC1)Cn1cnc2cc(Br)c(Cl)cc2c1=O. The van der Waals surface area contributed by atoms with Crippen LogP contribution in [0, 0.1) is 0 Å². The van der Waals surface area contributed by atoms with Crippen LogP contribution in [0.15, 0.2) is 64.4 Å². The number of nitrogens with one attached hydrogen (secondary N) is 4. The Balaban J connectivity index is 0.886. The first-order valence-electron chi connectivity index (χ1n) is 18.2. The quantitative estimate of drug-likeness (QED) is 0.180. The smallest absolute Gasteiger partial charge is 0.422 e. The van der Waals surface area contributed by atoms with Crippen molar-refractivity contribution in [3.05, 3.63) is 91.8 Å². The predicted molar refractivity (Wildman–Crippen MR) is 211 cm³/mol. The molecule has 4 N–H and O–H groups in total. The number of rotatable bonds is 10. The normalized spacial score (nSPS) is 18.8. The van der Waals surface area contributed by atoms with Crippen molar-refractivity contribution >= 4 is 78.3 Å². The molecule has 300 valence electrons. The molecule has 4 amide bonds. The second kappa shape index (κ2) is 17.2. The van der Waals surface area contributed by atoms with Crippen LogP contribution in [0.4, 0.5) is 15.4 Å². The fraction of sp³-hybridized carbons (Fsp3) is 0.389. The van der Waals surface area contributed by atoms with Crippen LogP contribution in [0.1, 0.15) is 40.9 Å². The number of fused-ring (bicyclic) bond motifs is 2. The number of ketones is 1. The van der Waals surface area contributed by atoms with Crippen molar-refractivity contribution in [2.75, 3.05) is 38.0 Å². The van der Waals surface area contributed by atoms with E-state index in [1.165, 1.54) is 34.3 Å². The standard InChI is InChI=1S/C36H38BrClN10O8S/c37-26-18-28-25(17-27(26)38)34(51)47(20-42-28)19-24(49)16-29-30(6-3-7-39-29)56-36(53)45-57(54,55)48-12-10-46(11-13-48)35(52)44-32-31(40-8-9-41-32)33(50)43-23-14-21-4-1-2-5-22(21)15-23/h1-2,4-5,8-9,17-18,20,23,29-30,39H,3,6-7,10-16,19H2,(H,43,50)(H,45,53)(H,41,44,52)/t29-,30+/m1/s1. The molecule has 2 aromatic carbocycles. The molecule has 2 aliphatic heterocycles. The van der Waals surface area contributed by atoms with Crippen LogP contribution >= 0.6 is 27.5 Å². The first kappa shape index (κ1) is 40.2. The molecule has 0 unspecified atom stereocenters. The zero-order valence-electron chi connectivity index (χ0n) is 30.3. The van der Waals surface area contributed by atoms with Crippen LogP contribution < -0.4 is 26.2 Å². The van der Waals surface area contributed by atoms with E-state index in [0.717, 1.165) is 15.4 Å². The Hall–Kier alpha value is -5.02. The lowest BCUT2D eigenvalue weighted by Crippen LogP contribution is -2.55. The molecule has 0 radical (unpaired) electrons. The molecule has 2 saturated heterocycles. The second-order valence-corrected chi connectivity index (χ2v) is 16.8. The highest BCUT2D eigenvalue weighted by Gasteiger charge is 2.35. The fourth-order valence-electron chi connectivity index (χ4n) is 7.19. The topological polar surface area (TPSA) is 227 Å². The van der Waals surface area contributed by atoms with Crippen molar-refractivity contribution < 1.29 is 32.3 Å². The van der Waals surface area contributed by atoms with Crippen molar-refractivity contribution in [1.82, 2.24) is 44.1 Å². The van der Waals surface area contributed by atoms with E-state index in [0.29, 0.717) is 47.2 Å². The third-order valence-electron chi connectivity index (χ3n) is 10.0. The van der Waals surface area contributed by atoms with Crippen LogP contribution in [0.3, 0.4) is 0 Å². The maximum Gasteiger partial charge on any atom is 0.422 e. The summed E-state index contributed by atoms with van der Waals surface area (Å²) in [5.41, 5.74) is 2.25. The van der Waals surface area contributed by atoms with Crippen LogP contribution in [0.25, 0.3) is 10.9 Å². The van der Waals surface area contributed by atoms with Gasteiger partial charge in [0.2, 0.25) is 0 Å². The zero-order valence-corrected chi connectivity index (χ0v) is 33.5. The van der Waals surface area contributed by atoms with E-state index in [1.807, 2.05) is 29.0 Å². The van der Waals surface area contributed by atoms with E-state index < -0.39 is 45.9 Å². The van der Waals surface area contributed by atoms with Crippen LogP contribution in [0.5, 0.6) is 0 Å². The van der Waals surface area contributed by atoms with Gasteiger partial charge in [0.25, 0.3) is 11.5 Å². The average molecular weight is 886 g/mol. The molecule has 0 bridgehead atoms. The molecule has 0 saturated carbocycles. The minimum atomic E-state index is -4.37. The number of ether oxygens (including phenoxy) is 1. The molecule has 0 spiro atoms. The summed E-state index contributed by atoms with van der Waals surface area (Å²) >= 11 is 9.46. The molecule has 2 atom stereocenters. The van der Waals surface area contributed by atoms with E-state index in [-0.39, 0.29) is 67.9 Å². The number of urea groups is 1. The maximum atomic E-state index is 13.2. The van der Waals surface area contributed by atoms with Crippen molar-refractivity contribution in [2.45, 2.75) is 56.8 Å². The van der Waals surface area contributed by atoms with E-state index in [2.05, 4.69) is 46.8 Å². The van der Waals surface area contributed by atoms with Gasteiger partial charge in [0, 0.05) is 55.5 Å². The third-order valence-corrected chi connectivity index (χ3v) is 12.7. The summed E-state index contributed by atoms with van der Waals surface area (Å²) in [5, 5.41) is 9.31. The highest BCUT2D eigenvalue weighted by atomic mass is 79.9. The number of hydrogen-bond donors (Lipinski definition) is 4. The van der Waals surface area contributed by atoms with Crippen LogP contribution in [-0.4, -0.2) is 112 Å². The van der Waals surface area contributed by atoms with Gasteiger partial charge in [0.1, 0.15) is 6.10 Å². The van der Waals surface area contributed by atoms with Gasteiger partial charge < -0.3 is 20.3 Å². The number of carbonyl (C=O) groups excluding carboxylic acids is 4. The van der Waals surface area contributed by atoms with Gasteiger partial charge in [-0.3, -0.25) is 24.3 Å². The molecule has 4 aromatic rings. The second-order valence-electron chi connectivity index (χ2n) is 13.9. The first-order chi connectivity index (χ1) is 27.3. The molecular weight excluding hydrogens is 848 g/mol. The van der Waals surface area contributed by atoms with Gasteiger partial charge in [-0.2, -0.15) is 12.7 Å². The number of Topliss-reactive ketones (excluding diaryl/α,β-unsaturated/α-hetero) is 1. The fourth-order valence-corrected chi connectivity index (χ4v) is 8.71. The van der Waals surface area contributed by atoms with Crippen molar-refractivity contribution in [1.29, 1.82) is 0 Å². The lowest BCUT2D eigenvalue weighted by molar-refractivity contribution is -0.121. The molecule has 2 aromatic heterocycles. The predicted octanol–water partition coefficient (Wildman–Crippen LogP) is 2.40. The number of nitrogens with zero attached hydrogens (tertiary/aromatic N) is 6. The minimum Gasteiger partial charge on any atom is -0.444 e. The van der Waals surface area contributed by atoms with Crippen LogP contribution in [0.2, 0.25) is 5.02 Å². The summed E-state index contributed by atoms with van der Waals surface area (Å²) in [6.45, 7) is -0.0683. The lowest BCUT2D eigenvalue weighted by Gasteiger charge is -2.34. The summed E-state index contributed by atoms with van der Waals surface area (Å²) in [5.74, 6) is -0.855. The summed E-state index contributed by atoms with van der Waals surface area (Å²) < 4.78 is 36.6. The van der Waals surface area contributed by atoms with E-state index in [9.17, 15) is 32.4 Å². The van der Waals surface area contributed by atoms with E-state index in [4.69, 9.17) is 16.3 Å². The van der Waals surface area contributed by atoms with Crippen LogP contribution in [-0.2, 0) is 39.1 Å². The molecule has 2 fully saturated rings. The summed E-state index contributed by atoms with van der Waals surface area (Å²) in [6, 6.07) is 9.68. The highest BCUT2D eigenvalue weighted by Crippen LogP contribution is 2.26. The molecule has 1 aliphatic carbocycles. The number of amides is 4. The monoisotopic (exact) mass is 884 g/mol. The summed E-state index contributed by atoms with van der Waals surface area (Å²) in [6.07, 6.45) is 4.17. The molecular formula is C36H38BrClN10O8S. The van der Waals surface area contributed by atoms with Gasteiger partial charge in [0.15, 0.2) is 17.3 Å². The number of benzene rings is 2. The van der Waals surface area contributed by atoms with Crippen molar-refractivity contribution in [2.24, 2.45) is 0 Å². The number of piperazine rings is 1. The van der Waals surface area contributed by atoms with Crippen molar-refractivity contribution in [3.8, 4) is 0 Å². The molecule has 57 heavy (non-hydrogen) atoms. The Morgan fingerprint density at radius 2 is 1.72 bits per heavy atom. The Morgan fingerprint density at radius 3 is 2.46 bits per heavy atom. The number of aromatic nitrogens is 4. The molecule has 3 aliphatic rings. The molecule has 18 nitrogen and oxygen atoms in total. The van der Waals surface area contributed by atoms with E-state index >= 15 is 0 Å². The summed E-state index contributed by atoms with van der Waals surface area (Å²) in [4.78, 5) is 79.3. The first-order valence-corrected chi connectivity index (χ1v) is 20.8. The minimum absolute atomic E-state index is 0.0267. The summed E-state index contributed by atoms with van der Waals surface area (Å²) in [7, 11) is -4.37. The Kier molecular flexibility index (Phi) is 12.1. The average Bonchev–Trinajstić information content (AvgIpc) is 3.60. The number of hydrogen-bond acceptors (Lipinski definition) is 12. The van der Waals surface area contributed by atoms with Gasteiger partial charge in [-0.05, 0) is 71.4 Å². The van der Waals surface area contributed by atoms with Gasteiger partial charge in [0.05, 0.1) is 34.8 Å². The van der Waals surface area contributed by atoms with Gasteiger partial charge in [-0.1, -0.05) is 35.9 Å². The molecule has 4 heterocycles. The molecule has 7 rings (SSSR count). The lowest BCUT2D eigenvalue weighted by atomic mass is 9.96. The zero-order chi connectivity index (χ0) is 40.3. The number of halogens is 2.